The molecule has 0 saturated heterocycles. The molecule has 0 spiro atoms. The highest BCUT2D eigenvalue weighted by atomic mass is 127. The second-order valence-corrected chi connectivity index (χ2v) is 5.73. The molecule has 0 amide bonds. The van der Waals surface area contributed by atoms with E-state index in [1.807, 2.05) is 7.11 Å². The summed E-state index contributed by atoms with van der Waals surface area (Å²) >= 11 is 0. The maximum atomic E-state index is 5.94. The number of nitrogens with zero attached hydrogens (tertiary/aromatic N) is 1. The first kappa shape index (κ1) is 17.0. The zero-order valence-corrected chi connectivity index (χ0v) is 14.3. The van der Waals surface area contributed by atoms with Crippen LogP contribution in [0.4, 0.5) is 0 Å². The fourth-order valence-electron chi connectivity index (χ4n) is 3.10. The lowest BCUT2D eigenvalue weighted by Crippen LogP contribution is -2.39. The summed E-state index contributed by atoms with van der Waals surface area (Å²) in [6, 6.07) is 0.568. The van der Waals surface area contributed by atoms with Crippen LogP contribution in [0.15, 0.2) is 4.99 Å². The highest BCUT2D eigenvalue weighted by Gasteiger charge is 2.20. The Morgan fingerprint density at radius 3 is 2.37 bits per heavy atom. The van der Waals surface area contributed by atoms with E-state index in [4.69, 9.17) is 10.5 Å². The second-order valence-electron chi connectivity index (χ2n) is 5.73. The van der Waals surface area contributed by atoms with E-state index in [0.717, 1.165) is 6.54 Å². The van der Waals surface area contributed by atoms with Crippen molar-refractivity contribution in [2.45, 2.75) is 63.5 Å². The van der Waals surface area contributed by atoms with Crippen LogP contribution in [0, 0.1) is 5.92 Å². The molecule has 0 radical (unpaired) electrons. The molecule has 2 aliphatic rings. The van der Waals surface area contributed by atoms with Crippen LogP contribution in [-0.2, 0) is 4.74 Å². The number of hydrogen-bond acceptors (Lipinski definition) is 2. The predicted molar refractivity (Wildman–Crippen MR) is 90.1 cm³/mol. The Bertz CT molecular complexity index is 272. The standard InChI is InChI=1S/C14H27N3O.HI/c1-18-13-8-6-11(7-9-13)10-16-14(15)17-12-4-2-3-5-12;/h11-13H,2-10H2,1H3,(H3,15,16,17);1H. The van der Waals surface area contributed by atoms with Crippen LogP contribution >= 0.6 is 24.0 Å². The van der Waals surface area contributed by atoms with E-state index in [1.54, 1.807) is 0 Å². The van der Waals surface area contributed by atoms with Crippen LogP contribution in [0.25, 0.3) is 0 Å². The van der Waals surface area contributed by atoms with Crippen LogP contribution in [0.2, 0.25) is 0 Å². The van der Waals surface area contributed by atoms with Gasteiger partial charge in [-0.05, 0) is 44.4 Å². The van der Waals surface area contributed by atoms with Gasteiger partial charge in [0.25, 0.3) is 0 Å². The number of rotatable bonds is 4. The first-order valence-electron chi connectivity index (χ1n) is 7.37. The Labute approximate surface area is 134 Å². The van der Waals surface area contributed by atoms with E-state index in [2.05, 4.69) is 10.3 Å². The molecule has 2 rings (SSSR count). The first-order chi connectivity index (χ1) is 8.78. The first-order valence-corrected chi connectivity index (χ1v) is 7.37. The van der Waals surface area contributed by atoms with Gasteiger partial charge in [-0.2, -0.15) is 0 Å². The highest BCUT2D eigenvalue weighted by molar-refractivity contribution is 14.0. The molecule has 2 aliphatic carbocycles. The molecule has 4 nitrogen and oxygen atoms in total. The van der Waals surface area contributed by atoms with E-state index in [-0.39, 0.29) is 24.0 Å². The van der Waals surface area contributed by atoms with Crippen LogP contribution in [0.5, 0.6) is 0 Å². The fraction of sp³-hybridized carbons (Fsp3) is 0.929. The third-order valence-corrected chi connectivity index (χ3v) is 4.35. The molecule has 0 unspecified atom stereocenters. The number of hydrogen-bond donors (Lipinski definition) is 2. The quantitative estimate of drug-likeness (QED) is 0.447. The van der Waals surface area contributed by atoms with Gasteiger partial charge in [-0.1, -0.05) is 12.8 Å². The Kier molecular flexibility index (Phi) is 8.06. The van der Waals surface area contributed by atoms with E-state index in [0.29, 0.717) is 24.0 Å². The molecule has 5 heteroatoms. The van der Waals surface area contributed by atoms with Gasteiger partial charge in [-0.15, -0.1) is 24.0 Å². The Balaban J connectivity index is 0.00000180. The molecule has 0 bridgehead atoms. The average Bonchev–Trinajstić information content (AvgIpc) is 2.90. The molecule has 0 aromatic rings. The maximum Gasteiger partial charge on any atom is 0.188 e. The van der Waals surface area contributed by atoms with Crippen molar-refractivity contribution in [1.82, 2.24) is 5.32 Å². The Morgan fingerprint density at radius 1 is 1.16 bits per heavy atom. The lowest BCUT2D eigenvalue weighted by atomic mass is 9.87. The van der Waals surface area contributed by atoms with E-state index < -0.39 is 0 Å². The van der Waals surface area contributed by atoms with E-state index >= 15 is 0 Å². The van der Waals surface area contributed by atoms with Crippen LogP contribution < -0.4 is 11.1 Å². The van der Waals surface area contributed by atoms with Gasteiger partial charge in [0, 0.05) is 19.7 Å². The van der Waals surface area contributed by atoms with Crippen LogP contribution in [0.3, 0.4) is 0 Å². The minimum Gasteiger partial charge on any atom is -0.381 e. The molecule has 0 aromatic carbocycles. The summed E-state index contributed by atoms with van der Waals surface area (Å²) in [5.74, 6) is 1.34. The molecule has 0 heterocycles. The fourth-order valence-corrected chi connectivity index (χ4v) is 3.10. The molecule has 112 valence electrons. The molecule has 2 saturated carbocycles. The molecule has 0 atom stereocenters. The monoisotopic (exact) mass is 381 g/mol. The Hall–Kier alpha value is -0.0400. The number of halogens is 1. The van der Waals surface area contributed by atoms with Crippen molar-refractivity contribution in [3.63, 3.8) is 0 Å². The van der Waals surface area contributed by atoms with Gasteiger partial charge in [0.05, 0.1) is 6.10 Å². The molecule has 3 N–H and O–H groups in total. The number of ether oxygens (including phenoxy) is 1. The van der Waals surface area contributed by atoms with Crippen molar-refractivity contribution < 1.29 is 4.74 Å². The van der Waals surface area contributed by atoms with Crippen molar-refractivity contribution >= 4 is 29.9 Å². The van der Waals surface area contributed by atoms with Crippen molar-refractivity contribution in [3.8, 4) is 0 Å². The summed E-state index contributed by atoms with van der Waals surface area (Å²) < 4.78 is 5.38. The molecular weight excluding hydrogens is 353 g/mol. The van der Waals surface area contributed by atoms with Crippen LogP contribution in [0.1, 0.15) is 51.4 Å². The smallest absolute Gasteiger partial charge is 0.188 e. The summed E-state index contributed by atoms with van der Waals surface area (Å²) in [6.07, 6.45) is 10.4. The predicted octanol–water partition coefficient (Wildman–Crippen LogP) is 2.66. The van der Waals surface area contributed by atoms with Gasteiger partial charge < -0.3 is 15.8 Å². The average molecular weight is 381 g/mol. The third-order valence-electron chi connectivity index (χ3n) is 4.35. The van der Waals surface area contributed by atoms with Gasteiger partial charge >= 0.3 is 0 Å². The normalized spacial score (nSPS) is 29.0. The maximum absolute atomic E-state index is 5.94. The summed E-state index contributed by atoms with van der Waals surface area (Å²) in [7, 11) is 1.81. The topological polar surface area (TPSA) is 59.6 Å². The number of nitrogens with one attached hydrogen (secondary N) is 1. The lowest BCUT2D eigenvalue weighted by molar-refractivity contribution is 0.0581. The molecular formula is C14H28IN3O. The van der Waals surface area contributed by atoms with Crippen LogP contribution in [-0.4, -0.2) is 31.8 Å². The van der Waals surface area contributed by atoms with Crippen molar-refractivity contribution in [1.29, 1.82) is 0 Å². The summed E-state index contributed by atoms with van der Waals surface area (Å²) in [4.78, 5) is 4.50. The van der Waals surface area contributed by atoms with Crippen molar-refractivity contribution in [2.24, 2.45) is 16.6 Å². The summed E-state index contributed by atoms with van der Waals surface area (Å²) in [5.41, 5.74) is 5.94. The summed E-state index contributed by atoms with van der Waals surface area (Å²) in [6.45, 7) is 0.877. The SMILES string of the molecule is COC1CCC(CN=C(N)NC2CCCC2)CC1.I. The third kappa shape index (κ3) is 5.85. The van der Waals surface area contributed by atoms with Crippen molar-refractivity contribution in [3.05, 3.63) is 0 Å². The molecule has 19 heavy (non-hydrogen) atoms. The number of nitrogens with two attached hydrogens (primary N) is 1. The zero-order chi connectivity index (χ0) is 12.8. The van der Waals surface area contributed by atoms with E-state index in [9.17, 15) is 0 Å². The number of guanidine groups is 1. The van der Waals surface area contributed by atoms with Gasteiger partial charge in [0.15, 0.2) is 5.96 Å². The minimum atomic E-state index is 0. The largest absolute Gasteiger partial charge is 0.381 e. The van der Waals surface area contributed by atoms with Crippen molar-refractivity contribution in [2.75, 3.05) is 13.7 Å². The number of aliphatic imine (C=N–C) groups is 1. The lowest BCUT2D eigenvalue weighted by Gasteiger charge is -2.26. The zero-order valence-electron chi connectivity index (χ0n) is 11.9. The Morgan fingerprint density at radius 2 is 1.79 bits per heavy atom. The molecule has 0 aromatic heterocycles. The van der Waals surface area contributed by atoms with Gasteiger partial charge in [0.1, 0.15) is 0 Å². The number of methoxy groups -OCH3 is 1. The summed E-state index contributed by atoms with van der Waals surface area (Å²) in [5, 5.41) is 3.34. The van der Waals surface area contributed by atoms with Gasteiger partial charge in [-0.25, -0.2) is 0 Å². The second kappa shape index (κ2) is 9.00. The van der Waals surface area contributed by atoms with Gasteiger partial charge in [0.2, 0.25) is 0 Å². The molecule has 0 aliphatic heterocycles. The highest BCUT2D eigenvalue weighted by Crippen LogP contribution is 2.26. The molecule has 2 fully saturated rings. The van der Waals surface area contributed by atoms with Gasteiger partial charge in [-0.3, -0.25) is 4.99 Å². The van der Waals surface area contributed by atoms with E-state index in [1.165, 1.54) is 51.4 Å². The minimum absolute atomic E-state index is 0.